The van der Waals surface area contributed by atoms with Crippen LogP contribution in [0.5, 0.6) is 0 Å². The number of carbonyl (C=O) groups is 1. The fourth-order valence-electron chi connectivity index (χ4n) is 3.83. The lowest BCUT2D eigenvalue weighted by atomic mass is 10.1. The number of rotatable bonds is 9. The molecule has 0 atom stereocenters. The van der Waals surface area contributed by atoms with Gasteiger partial charge in [0.2, 0.25) is 5.91 Å². The third-order valence-corrected chi connectivity index (χ3v) is 7.54. The van der Waals surface area contributed by atoms with E-state index in [0.717, 1.165) is 55.0 Å². The number of halogens is 2. The molecule has 9 heteroatoms. The normalized spacial score (nSPS) is 14.4. The van der Waals surface area contributed by atoms with Gasteiger partial charge in [-0.1, -0.05) is 37.3 Å². The van der Waals surface area contributed by atoms with Crippen molar-refractivity contribution >= 4 is 56.8 Å². The second kappa shape index (κ2) is 12.8. The Morgan fingerprint density at radius 2 is 1.94 bits per heavy atom. The van der Waals surface area contributed by atoms with Gasteiger partial charge in [-0.2, -0.15) is 0 Å². The van der Waals surface area contributed by atoms with Crippen LogP contribution in [-0.4, -0.2) is 60.4 Å². The van der Waals surface area contributed by atoms with Gasteiger partial charge in [0.15, 0.2) is 5.13 Å². The number of thiazole rings is 1. The van der Waals surface area contributed by atoms with Crippen LogP contribution >= 0.6 is 35.5 Å². The van der Waals surface area contributed by atoms with Crippen molar-refractivity contribution in [3.63, 3.8) is 0 Å². The molecule has 1 aliphatic rings. The van der Waals surface area contributed by atoms with Crippen LogP contribution in [0.2, 0.25) is 0 Å². The van der Waals surface area contributed by atoms with Crippen LogP contribution in [0, 0.1) is 5.82 Å². The van der Waals surface area contributed by atoms with Crippen molar-refractivity contribution in [3.05, 3.63) is 53.8 Å². The summed E-state index contributed by atoms with van der Waals surface area (Å²) in [6.07, 6.45) is 1.16. The highest BCUT2D eigenvalue weighted by molar-refractivity contribution is 7.99. The molecular formula is C25H31ClFN3O2S2. The molecule has 2 heterocycles. The van der Waals surface area contributed by atoms with Gasteiger partial charge in [0.05, 0.1) is 29.9 Å². The summed E-state index contributed by atoms with van der Waals surface area (Å²) in [6.45, 7) is 9.20. The Morgan fingerprint density at radius 3 is 2.65 bits per heavy atom. The zero-order valence-electron chi connectivity index (χ0n) is 19.5. The minimum absolute atomic E-state index is 0. The molecule has 5 nitrogen and oxygen atoms in total. The number of carbonyl (C=O) groups excluding carboxylic acids is 1. The summed E-state index contributed by atoms with van der Waals surface area (Å²) in [5, 5.41) is 1.15. The number of nitrogens with zero attached hydrogens (tertiary/aromatic N) is 3. The highest BCUT2D eigenvalue weighted by atomic mass is 35.5. The molecule has 0 N–H and O–H groups in total. The standard InChI is InChI=1S/C25H30FN3O2S2.ClH/c1-18(2)32-21-7-4-19(5-8-21)16-24(30)29(11-3-10-28-12-14-31-15-13-28)25-27-22-9-6-20(26)17-23(22)33-25;/h4-9,17-18H,3,10-16H2,1-2H3;1H. The Kier molecular flexibility index (Phi) is 10.2. The zero-order chi connectivity index (χ0) is 23.2. The van der Waals surface area contributed by atoms with Crippen LogP contribution < -0.4 is 4.90 Å². The van der Waals surface area contributed by atoms with Gasteiger partial charge in [0.1, 0.15) is 5.82 Å². The van der Waals surface area contributed by atoms with E-state index in [1.54, 1.807) is 11.0 Å². The predicted octanol–water partition coefficient (Wildman–Crippen LogP) is 5.66. The topological polar surface area (TPSA) is 45.7 Å². The van der Waals surface area contributed by atoms with Crippen LogP contribution in [0.1, 0.15) is 25.8 Å². The maximum absolute atomic E-state index is 13.7. The summed E-state index contributed by atoms with van der Waals surface area (Å²) >= 11 is 3.18. The molecule has 0 saturated carbocycles. The van der Waals surface area contributed by atoms with E-state index in [9.17, 15) is 9.18 Å². The predicted molar refractivity (Wildman–Crippen MR) is 142 cm³/mol. The van der Waals surface area contributed by atoms with Gasteiger partial charge < -0.3 is 4.74 Å². The Labute approximate surface area is 215 Å². The molecule has 0 unspecified atom stereocenters. The van der Waals surface area contributed by atoms with E-state index in [2.05, 4.69) is 35.9 Å². The summed E-state index contributed by atoms with van der Waals surface area (Å²) in [4.78, 5) is 23.4. The van der Waals surface area contributed by atoms with E-state index in [-0.39, 0.29) is 24.1 Å². The van der Waals surface area contributed by atoms with Gasteiger partial charge >= 0.3 is 0 Å². The molecule has 0 bridgehead atoms. The molecular weight excluding hydrogens is 493 g/mol. The molecule has 1 aromatic heterocycles. The quantitative estimate of drug-likeness (QED) is 0.339. The minimum atomic E-state index is -0.290. The third-order valence-electron chi connectivity index (χ3n) is 5.48. The van der Waals surface area contributed by atoms with Crippen LogP contribution in [0.25, 0.3) is 10.2 Å². The van der Waals surface area contributed by atoms with Crippen molar-refractivity contribution in [2.75, 3.05) is 44.3 Å². The summed E-state index contributed by atoms with van der Waals surface area (Å²) in [5.41, 5.74) is 1.70. The summed E-state index contributed by atoms with van der Waals surface area (Å²) < 4.78 is 19.9. The number of ether oxygens (including phenoxy) is 1. The maximum atomic E-state index is 13.7. The first kappa shape index (κ1) is 26.9. The molecule has 4 rings (SSSR count). The Morgan fingerprint density at radius 1 is 1.21 bits per heavy atom. The van der Waals surface area contributed by atoms with Crippen molar-refractivity contribution < 1.29 is 13.9 Å². The number of aromatic nitrogens is 1. The molecule has 1 saturated heterocycles. The minimum Gasteiger partial charge on any atom is -0.379 e. The number of amides is 1. The van der Waals surface area contributed by atoms with Gasteiger partial charge in [-0.15, -0.1) is 24.2 Å². The van der Waals surface area contributed by atoms with Crippen LogP contribution in [0.15, 0.2) is 47.4 Å². The lowest BCUT2D eigenvalue weighted by Gasteiger charge is -2.27. The lowest BCUT2D eigenvalue weighted by Crippen LogP contribution is -2.39. The number of anilines is 1. The number of thioether (sulfide) groups is 1. The van der Waals surface area contributed by atoms with Gasteiger partial charge in [-0.3, -0.25) is 14.6 Å². The number of fused-ring (bicyclic) bond motifs is 1. The number of benzene rings is 2. The SMILES string of the molecule is CC(C)Sc1ccc(CC(=O)N(CCCN2CCOCC2)c2nc3ccc(F)cc3s2)cc1.Cl. The maximum Gasteiger partial charge on any atom is 0.233 e. The molecule has 1 fully saturated rings. The van der Waals surface area contributed by atoms with Crippen molar-refractivity contribution in [2.45, 2.75) is 36.8 Å². The van der Waals surface area contributed by atoms with E-state index in [1.165, 1.54) is 28.4 Å². The number of morpholine rings is 1. The molecule has 184 valence electrons. The first-order valence-corrected chi connectivity index (χ1v) is 13.1. The lowest BCUT2D eigenvalue weighted by molar-refractivity contribution is -0.118. The van der Waals surface area contributed by atoms with Gasteiger partial charge in [-0.05, 0) is 42.3 Å². The van der Waals surface area contributed by atoms with Crippen LogP contribution in [-0.2, 0) is 16.0 Å². The van der Waals surface area contributed by atoms with E-state index in [0.29, 0.717) is 23.3 Å². The van der Waals surface area contributed by atoms with Gasteiger partial charge in [0, 0.05) is 36.3 Å². The summed E-state index contributed by atoms with van der Waals surface area (Å²) in [5.74, 6) is -0.275. The average Bonchev–Trinajstić information content (AvgIpc) is 3.21. The van der Waals surface area contributed by atoms with Crippen molar-refractivity contribution in [3.8, 4) is 0 Å². The van der Waals surface area contributed by atoms with Gasteiger partial charge in [-0.25, -0.2) is 9.37 Å². The van der Waals surface area contributed by atoms with E-state index in [1.807, 2.05) is 23.9 Å². The molecule has 1 amide bonds. The fraction of sp³-hybridized carbons (Fsp3) is 0.440. The van der Waals surface area contributed by atoms with Crippen molar-refractivity contribution in [1.29, 1.82) is 0 Å². The van der Waals surface area contributed by atoms with E-state index in [4.69, 9.17) is 4.74 Å². The average molecular weight is 524 g/mol. The largest absolute Gasteiger partial charge is 0.379 e. The molecule has 0 radical (unpaired) electrons. The van der Waals surface area contributed by atoms with E-state index < -0.39 is 0 Å². The molecule has 0 spiro atoms. The first-order chi connectivity index (χ1) is 16.0. The number of hydrogen-bond donors (Lipinski definition) is 0. The van der Waals surface area contributed by atoms with Crippen LogP contribution in [0.4, 0.5) is 9.52 Å². The van der Waals surface area contributed by atoms with Crippen molar-refractivity contribution in [2.24, 2.45) is 0 Å². The third kappa shape index (κ3) is 7.39. The second-order valence-corrected chi connectivity index (χ2v) is 11.1. The zero-order valence-corrected chi connectivity index (χ0v) is 22.0. The van der Waals surface area contributed by atoms with Crippen LogP contribution in [0.3, 0.4) is 0 Å². The fourth-order valence-corrected chi connectivity index (χ4v) is 5.71. The Bertz CT molecular complexity index is 1070. The van der Waals surface area contributed by atoms with Gasteiger partial charge in [0.25, 0.3) is 0 Å². The summed E-state index contributed by atoms with van der Waals surface area (Å²) in [7, 11) is 0. The Balaban J connectivity index is 0.00000324. The Hall–Kier alpha value is -1.71. The second-order valence-electron chi connectivity index (χ2n) is 8.45. The number of hydrogen-bond acceptors (Lipinski definition) is 6. The first-order valence-electron chi connectivity index (χ1n) is 11.4. The molecule has 34 heavy (non-hydrogen) atoms. The molecule has 2 aromatic carbocycles. The molecule has 0 aliphatic carbocycles. The van der Waals surface area contributed by atoms with E-state index >= 15 is 0 Å². The molecule has 1 aliphatic heterocycles. The highest BCUT2D eigenvalue weighted by Gasteiger charge is 2.21. The van der Waals surface area contributed by atoms with Crippen molar-refractivity contribution in [1.82, 2.24) is 9.88 Å². The highest BCUT2D eigenvalue weighted by Crippen LogP contribution is 2.30. The monoisotopic (exact) mass is 523 g/mol. The summed E-state index contributed by atoms with van der Waals surface area (Å²) in [6, 6.07) is 12.8. The molecule has 3 aromatic rings. The smallest absolute Gasteiger partial charge is 0.233 e.